The minimum atomic E-state index is -0.953. The molecule has 0 fully saturated rings. The molecule has 0 bridgehead atoms. The fourth-order valence-corrected chi connectivity index (χ4v) is 2.10. The van der Waals surface area contributed by atoms with Gasteiger partial charge in [-0.15, -0.1) is 0 Å². The van der Waals surface area contributed by atoms with Crippen LogP contribution in [0.1, 0.15) is 6.42 Å². The predicted octanol–water partition coefficient (Wildman–Crippen LogP) is 2.41. The van der Waals surface area contributed by atoms with Gasteiger partial charge in [0.2, 0.25) is 0 Å². The number of aromatic nitrogens is 2. The Kier molecular flexibility index (Phi) is 3.28. The molecule has 0 unspecified atom stereocenters. The molecule has 7 heteroatoms. The number of fused-ring (bicyclic) bond motifs is 1. The van der Waals surface area contributed by atoms with E-state index in [0.29, 0.717) is 21.9 Å². The summed E-state index contributed by atoms with van der Waals surface area (Å²) in [6.07, 6.45) is 0.00440. The third-order valence-electron chi connectivity index (χ3n) is 2.06. The van der Waals surface area contributed by atoms with E-state index in [0.717, 1.165) is 12.1 Å². The van der Waals surface area contributed by atoms with Crippen LogP contribution in [0, 0.1) is 11.6 Å². The van der Waals surface area contributed by atoms with E-state index in [2.05, 4.69) is 9.97 Å². The van der Waals surface area contributed by atoms with Crippen molar-refractivity contribution in [2.75, 3.05) is 5.75 Å². The molecule has 0 radical (unpaired) electrons. The van der Waals surface area contributed by atoms with Gasteiger partial charge in [0.1, 0.15) is 0 Å². The first-order valence-electron chi connectivity index (χ1n) is 4.75. The number of carbonyl (C=O) groups is 1. The largest absolute Gasteiger partial charge is 0.481 e. The summed E-state index contributed by atoms with van der Waals surface area (Å²) in [6, 6.07) is 2.03. The summed E-state index contributed by atoms with van der Waals surface area (Å²) in [5, 5.41) is 8.91. The molecule has 0 aliphatic rings. The lowest BCUT2D eigenvalue weighted by molar-refractivity contribution is -0.136. The van der Waals surface area contributed by atoms with E-state index in [9.17, 15) is 13.6 Å². The molecular formula is C10H8F2N2O2S. The molecule has 0 aliphatic carbocycles. The smallest absolute Gasteiger partial charge is 0.304 e. The highest BCUT2D eigenvalue weighted by Gasteiger charge is 2.09. The second-order valence-electron chi connectivity index (χ2n) is 3.32. The minimum absolute atomic E-state index is 0.00440. The first kappa shape index (κ1) is 11.8. The Labute approximate surface area is 99.0 Å². The SMILES string of the molecule is O=C(O)CCSc1nc2cc(F)c(F)cc2[nH]1. The Morgan fingerprint density at radius 3 is 2.82 bits per heavy atom. The van der Waals surface area contributed by atoms with Gasteiger partial charge in [-0.05, 0) is 0 Å². The molecule has 0 atom stereocenters. The van der Waals surface area contributed by atoms with Crippen LogP contribution < -0.4 is 0 Å². The molecule has 2 rings (SSSR count). The maximum atomic E-state index is 12.9. The van der Waals surface area contributed by atoms with E-state index in [4.69, 9.17) is 5.11 Å². The van der Waals surface area contributed by atoms with Crippen molar-refractivity contribution in [1.29, 1.82) is 0 Å². The van der Waals surface area contributed by atoms with Crippen LogP contribution >= 0.6 is 11.8 Å². The standard InChI is InChI=1S/C10H8F2N2O2S/c11-5-3-7-8(4-6(5)12)14-10(13-7)17-2-1-9(15)16/h3-4H,1-2H2,(H,13,14)(H,15,16). The highest BCUT2D eigenvalue weighted by molar-refractivity contribution is 7.99. The van der Waals surface area contributed by atoms with Crippen LogP contribution in [0.3, 0.4) is 0 Å². The number of hydrogen-bond acceptors (Lipinski definition) is 3. The average molecular weight is 258 g/mol. The number of halogens is 2. The third kappa shape index (κ3) is 2.73. The highest BCUT2D eigenvalue weighted by Crippen LogP contribution is 2.22. The van der Waals surface area contributed by atoms with Gasteiger partial charge in [0.25, 0.3) is 0 Å². The zero-order valence-corrected chi connectivity index (χ0v) is 9.35. The normalized spacial score (nSPS) is 10.9. The van der Waals surface area contributed by atoms with Crippen molar-refractivity contribution in [2.45, 2.75) is 11.6 Å². The van der Waals surface area contributed by atoms with Gasteiger partial charge < -0.3 is 10.1 Å². The van der Waals surface area contributed by atoms with Gasteiger partial charge in [0.15, 0.2) is 16.8 Å². The van der Waals surface area contributed by atoms with E-state index in [1.165, 1.54) is 11.8 Å². The lowest BCUT2D eigenvalue weighted by Crippen LogP contribution is -1.95. The zero-order valence-electron chi connectivity index (χ0n) is 8.54. The molecule has 1 aromatic heterocycles. The van der Waals surface area contributed by atoms with Crippen LogP contribution in [0.15, 0.2) is 17.3 Å². The number of nitrogens with one attached hydrogen (secondary N) is 1. The van der Waals surface area contributed by atoms with E-state index in [1.54, 1.807) is 0 Å². The molecule has 0 aliphatic heterocycles. The Balaban J connectivity index is 2.17. The van der Waals surface area contributed by atoms with Gasteiger partial charge in [-0.3, -0.25) is 4.79 Å². The molecule has 1 aromatic carbocycles. The number of H-pyrrole nitrogens is 1. The van der Waals surface area contributed by atoms with Gasteiger partial charge in [-0.1, -0.05) is 11.8 Å². The number of nitrogens with zero attached hydrogens (tertiary/aromatic N) is 1. The summed E-state index contributed by atoms with van der Waals surface area (Å²) < 4.78 is 25.8. The molecule has 2 N–H and O–H groups in total. The van der Waals surface area contributed by atoms with Crippen LogP contribution in [-0.2, 0) is 4.79 Å². The number of carboxylic acid groups (broad SMARTS) is 1. The molecule has 0 spiro atoms. The molecule has 4 nitrogen and oxygen atoms in total. The summed E-state index contributed by atoms with van der Waals surface area (Å²) in [7, 11) is 0. The van der Waals surface area contributed by atoms with Crippen LogP contribution in [0.2, 0.25) is 0 Å². The Morgan fingerprint density at radius 1 is 1.41 bits per heavy atom. The Bertz CT molecular complexity index is 532. The molecule has 17 heavy (non-hydrogen) atoms. The lowest BCUT2D eigenvalue weighted by atomic mass is 10.3. The molecule has 90 valence electrons. The number of aromatic amines is 1. The maximum Gasteiger partial charge on any atom is 0.304 e. The second-order valence-corrected chi connectivity index (χ2v) is 4.40. The average Bonchev–Trinajstić information content (AvgIpc) is 2.60. The fraction of sp³-hybridized carbons (Fsp3) is 0.200. The summed E-state index contributed by atoms with van der Waals surface area (Å²) in [5.41, 5.74) is 0.712. The number of carboxylic acids is 1. The van der Waals surface area contributed by atoms with E-state index < -0.39 is 17.6 Å². The summed E-state index contributed by atoms with van der Waals surface area (Å²) >= 11 is 1.19. The quantitative estimate of drug-likeness (QED) is 0.826. The van der Waals surface area contributed by atoms with E-state index in [-0.39, 0.29) is 6.42 Å². The Morgan fingerprint density at radius 2 is 2.12 bits per heavy atom. The lowest BCUT2D eigenvalue weighted by Gasteiger charge is -1.92. The topological polar surface area (TPSA) is 66.0 Å². The second kappa shape index (κ2) is 4.70. The van der Waals surface area contributed by atoms with Crippen LogP contribution in [0.25, 0.3) is 11.0 Å². The van der Waals surface area contributed by atoms with Gasteiger partial charge >= 0.3 is 5.97 Å². The Hall–Kier alpha value is -1.63. The first-order valence-corrected chi connectivity index (χ1v) is 5.74. The summed E-state index contributed by atoms with van der Waals surface area (Å²) in [6.45, 7) is 0. The maximum absolute atomic E-state index is 12.9. The fourth-order valence-electron chi connectivity index (χ4n) is 1.28. The monoisotopic (exact) mass is 258 g/mol. The number of imidazole rings is 1. The first-order chi connectivity index (χ1) is 8.06. The van der Waals surface area contributed by atoms with Gasteiger partial charge in [0, 0.05) is 17.9 Å². The van der Waals surface area contributed by atoms with Crippen LogP contribution in [0.5, 0.6) is 0 Å². The van der Waals surface area contributed by atoms with Crippen molar-refractivity contribution >= 4 is 28.8 Å². The minimum Gasteiger partial charge on any atom is -0.481 e. The summed E-state index contributed by atoms with van der Waals surface area (Å²) in [4.78, 5) is 17.1. The number of hydrogen-bond donors (Lipinski definition) is 2. The van der Waals surface area contributed by atoms with Crippen molar-refractivity contribution in [1.82, 2.24) is 9.97 Å². The van der Waals surface area contributed by atoms with Gasteiger partial charge in [0.05, 0.1) is 17.5 Å². The van der Waals surface area contributed by atoms with Gasteiger partial charge in [-0.25, -0.2) is 13.8 Å². The molecule has 2 aromatic rings. The van der Waals surface area contributed by atoms with Crippen LogP contribution in [0.4, 0.5) is 8.78 Å². The molecule has 0 saturated heterocycles. The number of aliphatic carboxylic acids is 1. The number of benzene rings is 1. The van der Waals surface area contributed by atoms with Crippen LogP contribution in [-0.4, -0.2) is 26.8 Å². The predicted molar refractivity (Wildman–Crippen MR) is 59.0 cm³/mol. The van der Waals surface area contributed by atoms with Crippen molar-refractivity contribution in [2.24, 2.45) is 0 Å². The van der Waals surface area contributed by atoms with Crippen molar-refractivity contribution < 1.29 is 18.7 Å². The third-order valence-corrected chi connectivity index (χ3v) is 2.93. The van der Waals surface area contributed by atoms with Crippen molar-refractivity contribution in [3.8, 4) is 0 Å². The van der Waals surface area contributed by atoms with E-state index >= 15 is 0 Å². The molecule has 1 heterocycles. The molecule has 0 saturated carbocycles. The van der Waals surface area contributed by atoms with Gasteiger partial charge in [-0.2, -0.15) is 0 Å². The molecular weight excluding hydrogens is 250 g/mol. The number of thioether (sulfide) groups is 1. The van der Waals surface area contributed by atoms with E-state index in [1.807, 2.05) is 0 Å². The zero-order chi connectivity index (χ0) is 12.4. The molecule has 0 amide bonds. The summed E-state index contributed by atoms with van der Waals surface area (Å²) in [5.74, 6) is -2.44. The highest BCUT2D eigenvalue weighted by atomic mass is 32.2. The number of rotatable bonds is 4. The van der Waals surface area contributed by atoms with Crippen molar-refractivity contribution in [3.05, 3.63) is 23.8 Å². The van der Waals surface area contributed by atoms with Crippen molar-refractivity contribution in [3.63, 3.8) is 0 Å².